The van der Waals surface area contributed by atoms with Gasteiger partial charge >= 0.3 is 0 Å². The van der Waals surface area contributed by atoms with Crippen molar-refractivity contribution in [2.24, 2.45) is 0 Å². The molecule has 1 aliphatic rings. The summed E-state index contributed by atoms with van der Waals surface area (Å²) < 4.78 is 29.9. The van der Waals surface area contributed by atoms with Gasteiger partial charge in [0, 0.05) is 20.2 Å². The van der Waals surface area contributed by atoms with Crippen LogP contribution in [-0.4, -0.2) is 50.4 Å². The third kappa shape index (κ3) is 2.67. The van der Waals surface area contributed by atoms with E-state index in [9.17, 15) is 13.5 Å². The Hall–Kier alpha value is -0.950. The van der Waals surface area contributed by atoms with E-state index >= 15 is 0 Å². The lowest BCUT2D eigenvalue weighted by molar-refractivity contribution is -0.136. The number of hydrogen-bond donors (Lipinski definition) is 1. The maximum absolute atomic E-state index is 11.5. The second-order valence-electron chi connectivity index (χ2n) is 4.85. The van der Waals surface area contributed by atoms with Gasteiger partial charge in [0.2, 0.25) is 10.0 Å². The van der Waals surface area contributed by atoms with Crippen molar-refractivity contribution in [3.63, 3.8) is 0 Å². The summed E-state index contributed by atoms with van der Waals surface area (Å²) in [5.74, 6) is 0. The lowest BCUT2D eigenvalue weighted by atomic mass is 9.82. The number of methoxy groups -OCH3 is 1. The van der Waals surface area contributed by atoms with E-state index < -0.39 is 21.7 Å². The molecule has 1 heterocycles. The number of rotatable bonds is 3. The highest BCUT2D eigenvalue weighted by Crippen LogP contribution is 2.36. The second kappa shape index (κ2) is 5.20. The molecule has 1 N–H and O–H groups in total. The molecule has 106 valence electrons. The van der Waals surface area contributed by atoms with E-state index in [2.05, 4.69) is 0 Å². The summed E-state index contributed by atoms with van der Waals surface area (Å²) in [7, 11) is -1.73. The van der Waals surface area contributed by atoms with Gasteiger partial charge in [-0.25, -0.2) is 8.42 Å². The molecule has 1 aromatic carbocycles. The van der Waals surface area contributed by atoms with Gasteiger partial charge in [-0.15, -0.1) is 0 Å². The monoisotopic (exact) mass is 285 g/mol. The smallest absolute Gasteiger partial charge is 0.211 e. The molecular weight excluding hydrogens is 266 g/mol. The van der Waals surface area contributed by atoms with E-state index in [0.29, 0.717) is 13.0 Å². The number of sulfonamides is 1. The highest BCUT2D eigenvalue weighted by atomic mass is 32.2. The van der Waals surface area contributed by atoms with Crippen LogP contribution in [-0.2, 0) is 20.4 Å². The van der Waals surface area contributed by atoms with Crippen LogP contribution in [0.5, 0.6) is 0 Å². The zero-order valence-corrected chi connectivity index (χ0v) is 11.9. The maximum atomic E-state index is 11.5. The molecule has 0 bridgehead atoms. The average molecular weight is 285 g/mol. The zero-order chi connectivity index (χ0) is 14.1. The number of nitrogens with zero attached hydrogens (tertiary/aromatic N) is 1. The molecule has 0 spiro atoms. The number of aliphatic hydroxyl groups is 1. The van der Waals surface area contributed by atoms with Crippen LogP contribution in [0.25, 0.3) is 0 Å². The summed E-state index contributed by atoms with van der Waals surface area (Å²) in [5, 5.41) is 10.4. The number of β-amino-alcohol motifs (C(OH)–C–C–N with tert-alkyl or cyclic N) is 1. The first-order valence-corrected chi connectivity index (χ1v) is 7.99. The summed E-state index contributed by atoms with van der Waals surface area (Å²) in [5.41, 5.74) is 0.0424. The largest absolute Gasteiger partial charge is 0.388 e. The summed E-state index contributed by atoms with van der Waals surface area (Å²) in [4.78, 5) is 0. The Bertz CT molecular complexity index is 531. The summed E-state index contributed by atoms with van der Waals surface area (Å²) in [6, 6.07) is 9.44. The highest BCUT2D eigenvalue weighted by molar-refractivity contribution is 7.88. The first kappa shape index (κ1) is 14.5. The van der Waals surface area contributed by atoms with E-state index in [-0.39, 0.29) is 6.54 Å². The number of hydrogen-bond acceptors (Lipinski definition) is 4. The van der Waals surface area contributed by atoms with Gasteiger partial charge in [0.25, 0.3) is 0 Å². The Labute approximate surface area is 113 Å². The van der Waals surface area contributed by atoms with Crippen molar-refractivity contribution >= 4 is 10.0 Å². The van der Waals surface area contributed by atoms with Crippen molar-refractivity contribution < 1.29 is 18.3 Å². The Kier molecular flexibility index (Phi) is 3.96. The van der Waals surface area contributed by atoms with Crippen LogP contribution >= 0.6 is 0 Å². The molecule has 0 aliphatic carbocycles. The fourth-order valence-corrected chi connectivity index (χ4v) is 3.44. The first-order chi connectivity index (χ1) is 8.90. The van der Waals surface area contributed by atoms with Crippen molar-refractivity contribution in [2.45, 2.75) is 18.1 Å². The van der Waals surface area contributed by atoms with Crippen LogP contribution < -0.4 is 0 Å². The molecule has 1 saturated heterocycles. The van der Waals surface area contributed by atoms with Crippen LogP contribution in [0.4, 0.5) is 0 Å². The second-order valence-corrected chi connectivity index (χ2v) is 6.83. The topological polar surface area (TPSA) is 66.8 Å². The fourth-order valence-electron chi connectivity index (χ4n) is 2.60. The average Bonchev–Trinajstić information content (AvgIpc) is 2.39. The molecule has 2 rings (SSSR count). The highest BCUT2D eigenvalue weighted by Gasteiger charge is 2.45. The summed E-state index contributed by atoms with van der Waals surface area (Å²) >= 11 is 0. The molecule has 0 aromatic heterocycles. The molecule has 1 aliphatic heterocycles. The molecule has 0 radical (unpaired) electrons. The maximum Gasteiger partial charge on any atom is 0.211 e. The predicted octanol–water partition coefficient (Wildman–Crippen LogP) is 0.554. The molecule has 0 saturated carbocycles. The molecule has 0 amide bonds. The van der Waals surface area contributed by atoms with Crippen LogP contribution in [0.15, 0.2) is 30.3 Å². The predicted molar refractivity (Wildman–Crippen MR) is 72.2 cm³/mol. The van der Waals surface area contributed by atoms with Crippen molar-refractivity contribution in [1.82, 2.24) is 4.31 Å². The standard InChI is InChI=1S/C13H19NO4S/c1-18-13(11-6-4-3-5-7-11)8-9-14(10-12(13)15)19(2,16)17/h3-7,12,15H,8-10H2,1-2H3/t12-,13+/m0/s1. The quantitative estimate of drug-likeness (QED) is 0.881. The van der Waals surface area contributed by atoms with E-state index in [0.717, 1.165) is 11.8 Å². The molecular formula is C13H19NO4S. The number of ether oxygens (including phenoxy) is 1. The molecule has 1 aromatic rings. The van der Waals surface area contributed by atoms with E-state index in [4.69, 9.17) is 4.74 Å². The van der Waals surface area contributed by atoms with Crippen LogP contribution in [0.2, 0.25) is 0 Å². The molecule has 19 heavy (non-hydrogen) atoms. The van der Waals surface area contributed by atoms with E-state index in [1.165, 1.54) is 4.31 Å². The minimum atomic E-state index is -3.28. The van der Waals surface area contributed by atoms with Gasteiger partial charge in [0.15, 0.2) is 0 Å². The number of piperidine rings is 1. The van der Waals surface area contributed by atoms with Gasteiger partial charge in [0.05, 0.1) is 6.26 Å². The molecule has 2 atom stereocenters. The van der Waals surface area contributed by atoms with Crippen molar-refractivity contribution in [1.29, 1.82) is 0 Å². The molecule has 6 heteroatoms. The fraction of sp³-hybridized carbons (Fsp3) is 0.538. The van der Waals surface area contributed by atoms with Gasteiger partial charge in [0.1, 0.15) is 11.7 Å². The lowest BCUT2D eigenvalue weighted by Crippen LogP contribution is -2.55. The van der Waals surface area contributed by atoms with Crippen LogP contribution in [0.3, 0.4) is 0 Å². The summed E-state index contributed by atoms with van der Waals surface area (Å²) in [6.45, 7) is 0.403. The third-order valence-corrected chi connectivity index (χ3v) is 5.01. The van der Waals surface area contributed by atoms with Crippen molar-refractivity contribution in [3.8, 4) is 0 Å². The first-order valence-electron chi connectivity index (χ1n) is 6.14. The minimum absolute atomic E-state index is 0.0571. The van der Waals surface area contributed by atoms with Crippen molar-refractivity contribution in [2.75, 3.05) is 26.5 Å². The van der Waals surface area contributed by atoms with Gasteiger partial charge in [-0.3, -0.25) is 0 Å². The van der Waals surface area contributed by atoms with E-state index in [1.807, 2.05) is 30.3 Å². The Morgan fingerprint density at radius 3 is 2.47 bits per heavy atom. The lowest BCUT2D eigenvalue weighted by Gasteiger charge is -2.44. The number of benzene rings is 1. The third-order valence-electron chi connectivity index (χ3n) is 3.74. The van der Waals surface area contributed by atoms with E-state index in [1.54, 1.807) is 7.11 Å². The molecule has 1 fully saturated rings. The Balaban J connectivity index is 2.30. The molecule has 5 nitrogen and oxygen atoms in total. The Morgan fingerprint density at radius 2 is 2.00 bits per heavy atom. The summed E-state index contributed by atoms with van der Waals surface area (Å²) in [6.07, 6.45) is 0.701. The normalized spacial score (nSPS) is 29.3. The minimum Gasteiger partial charge on any atom is -0.388 e. The van der Waals surface area contributed by atoms with Gasteiger partial charge in [-0.1, -0.05) is 30.3 Å². The van der Waals surface area contributed by atoms with Gasteiger partial charge in [-0.2, -0.15) is 4.31 Å². The zero-order valence-electron chi connectivity index (χ0n) is 11.1. The molecule has 0 unspecified atom stereocenters. The number of aliphatic hydroxyl groups excluding tert-OH is 1. The van der Waals surface area contributed by atoms with Crippen molar-refractivity contribution in [3.05, 3.63) is 35.9 Å². The SMILES string of the molecule is CO[C@@]1(c2ccccc2)CCN(S(C)(=O)=O)C[C@@H]1O. The van der Waals surface area contributed by atoms with Crippen LogP contribution in [0.1, 0.15) is 12.0 Å². The Morgan fingerprint density at radius 1 is 1.37 bits per heavy atom. The van der Waals surface area contributed by atoms with Crippen LogP contribution in [0, 0.1) is 0 Å². The van der Waals surface area contributed by atoms with Gasteiger partial charge < -0.3 is 9.84 Å². The van der Waals surface area contributed by atoms with Gasteiger partial charge in [-0.05, 0) is 12.0 Å².